The number of nitrogens with one attached hydrogen (secondary N) is 1. The number of benzene rings is 1. The van der Waals surface area contributed by atoms with Crippen LogP contribution in [0.5, 0.6) is 0 Å². The highest BCUT2D eigenvalue weighted by molar-refractivity contribution is 7.12. The maximum atomic E-state index is 11.2. The van der Waals surface area contributed by atoms with Gasteiger partial charge >= 0.3 is 0 Å². The largest absolute Gasteiger partial charge is 0.377 e. The van der Waals surface area contributed by atoms with Gasteiger partial charge in [0.1, 0.15) is 16.2 Å². The molecule has 0 bridgehead atoms. The van der Waals surface area contributed by atoms with Gasteiger partial charge in [-0.05, 0) is 18.6 Å². The Balaban J connectivity index is 1.83. The number of aromatic nitrogens is 2. The van der Waals surface area contributed by atoms with E-state index in [-0.39, 0.29) is 11.8 Å². The number of nitrogens with zero attached hydrogens (tertiary/aromatic N) is 3. The second-order valence-electron chi connectivity index (χ2n) is 4.40. The summed E-state index contributed by atoms with van der Waals surface area (Å²) in [7, 11) is 0. The molecule has 8 heteroatoms. The highest BCUT2D eigenvalue weighted by Crippen LogP contribution is 2.31. The van der Waals surface area contributed by atoms with Crippen molar-refractivity contribution in [3.05, 3.63) is 33.8 Å². The fourth-order valence-electron chi connectivity index (χ4n) is 1.93. The number of ether oxygens (including phenoxy) is 1. The zero-order chi connectivity index (χ0) is 13.9. The van der Waals surface area contributed by atoms with Gasteiger partial charge in [0.05, 0.1) is 11.0 Å². The van der Waals surface area contributed by atoms with Gasteiger partial charge in [0, 0.05) is 24.8 Å². The summed E-state index contributed by atoms with van der Waals surface area (Å²) in [5, 5.41) is 22.6. The predicted molar refractivity (Wildman–Crippen MR) is 74.8 cm³/mol. The first kappa shape index (κ1) is 12.9. The highest BCUT2D eigenvalue weighted by Gasteiger charge is 2.21. The zero-order valence-electron chi connectivity index (χ0n) is 10.5. The second-order valence-corrected chi connectivity index (χ2v) is 5.23. The van der Waals surface area contributed by atoms with Crippen molar-refractivity contribution in [1.29, 1.82) is 0 Å². The number of nitro groups is 1. The molecule has 1 aromatic carbocycles. The number of nitro benzene ring substituents is 1. The molecule has 1 aliphatic rings. The van der Waals surface area contributed by atoms with Crippen LogP contribution in [0.4, 0.5) is 11.4 Å². The van der Waals surface area contributed by atoms with E-state index in [1.54, 1.807) is 17.6 Å². The molecule has 1 aliphatic heterocycles. The molecular weight excluding hydrogens is 280 g/mol. The maximum Gasteiger partial charge on any atom is 0.293 e. The van der Waals surface area contributed by atoms with Gasteiger partial charge in [0.25, 0.3) is 5.69 Å². The predicted octanol–water partition coefficient (Wildman–Crippen LogP) is 2.31. The third kappa shape index (κ3) is 2.61. The molecule has 0 radical (unpaired) electrons. The Morgan fingerprint density at radius 3 is 3.00 bits per heavy atom. The smallest absolute Gasteiger partial charge is 0.293 e. The molecule has 1 N–H and O–H groups in total. The molecule has 1 aromatic heterocycles. The Bertz CT molecular complexity index is 613. The first-order valence-electron chi connectivity index (χ1n) is 6.14. The quantitative estimate of drug-likeness (QED) is 0.672. The summed E-state index contributed by atoms with van der Waals surface area (Å²) in [6.45, 7) is 1.35. The summed E-state index contributed by atoms with van der Waals surface area (Å²) in [5.41, 5.74) is 2.83. The summed E-state index contributed by atoms with van der Waals surface area (Å²) >= 11 is 1.35. The summed E-state index contributed by atoms with van der Waals surface area (Å²) in [6, 6.07) is 5.02. The molecule has 0 saturated carbocycles. The maximum absolute atomic E-state index is 11.2. The van der Waals surface area contributed by atoms with Gasteiger partial charge in [-0.1, -0.05) is 11.3 Å². The third-order valence-corrected chi connectivity index (χ3v) is 3.86. The van der Waals surface area contributed by atoms with E-state index in [9.17, 15) is 10.1 Å². The van der Waals surface area contributed by atoms with E-state index in [1.165, 1.54) is 17.4 Å². The number of rotatable bonds is 5. The lowest BCUT2D eigenvalue weighted by Gasteiger charge is -2.26. The van der Waals surface area contributed by atoms with Gasteiger partial charge < -0.3 is 10.1 Å². The lowest BCUT2D eigenvalue weighted by molar-refractivity contribution is -0.383. The molecule has 20 heavy (non-hydrogen) atoms. The van der Waals surface area contributed by atoms with Crippen LogP contribution in [-0.2, 0) is 4.74 Å². The van der Waals surface area contributed by atoms with Crippen molar-refractivity contribution in [1.82, 2.24) is 10.2 Å². The highest BCUT2D eigenvalue weighted by atomic mass is 32.1. The lowest BCUT2D eigenvalue weighted by Crippen LogP contribution is -2.33. The average molecular weight is 292 g/mol. The van der Waals surface area contributed by atoms with E-state index in [4.69, 9.17) is 4.74 Å². The van der Waals surface area contributed by atoms with Crippen LogP contribution in [0.3, 0.4) is 0 Å². The Kier molecular flexibility index (Phi) is 3.57. The minimum Gasteiger partial charge on any atom is -0.377 e. The Morgan fingerprint density at radius 2 is 2.40 bits per heavy atom. The van der Waals surface area contributed by atoms with Gasteiger partial charge in [-0.2, -0.15) is 0 Å². The molecule has 3 rings (SSSR count). The summed E-state index contributed by atoms with van der Waals surface area (Å²) in [6.07, 6.45) is 1.14. The van der Waals surface area contributed by atoms with E-state index in [2.05, 4.69) is 15.5 Å². The minimum atomic E-state index is -0.394. The van der Waals surface area contributed by atoms with Gasteiger partial charge in [0.15, 0.2) is 0 Å². The fraction of sp³-hybridized carbons (Fsp3) is 0.333. The molecule has 7 nitrogen and oxygen atoms in total. The molecule has 2 aromatic rings. The van der Waals surface area contributed by atoms with E-state index in [0.717, 1.165) is 13.0 Å². The first-order chi connectivity index (χ1) is 9.74. The van der Waals surface area contributed by atoms with Crippen molar-refractivity contribution < 1.29 is 9.66 Å². The second kappa shape index (κ2) is 5.51. The summed E-state index contributed by atoms with van der Waals surface area (Å²) in [4.78, 5) is 10.8. The average Bonchev–Trinajstić information content (AvgIpc) is 2.90. The van der Waals surface area contributed by atoms with Crippen molar-refractivity contribution in [2.45, 2.75) is 12.5 Å². The standard InChI is InChI=1S/C12H12N4O3S/c17-16(18)11-5-8(12-15-14-7-20-12)1-2-10(11)13-6-9-3-4-19-9/h1-2,5,7,9,13H,3-4,6H2/t9-/m0/s1. The molecule has 2 heterocycles. The van der Waals surface area contributed by atoms with Crippen LogP contribution in [0.15, 0.2) is 23.7 Å². The molecule has 0 amide bonds. The van der Waals surface area contributed by atoms with Crippen LogP contribution in [0, 0.1) is 10.1 Å². The summed E-state index contributed by atoms with van der Waals surface area (Å²) < 4.78 is 5.29. The molecule has 0 spiro atoms. The SMILES string of the molecule is O=[N+]([O-])c1cc(-c2nncs2)ccc1NC[C@@H]1CCO1. The molecule has 104 valence electrons. The van der Waals surface area contributed by atoms with Gasteiger partial charge in [-0.15, -0.1) is 10.2 Å². The normalized spacial score (nSPS) is 17.5. The van der Waals surface area contributed by atoms with Crippen molar-refractivity contribution in [3.8, 4) is 10.6 Å². The van der Waals surface area contributed by atoms with Crippen molar-refractivity contribution in [2.24, 2.45) is 0 Å². The van der Waals surface area contributed by atoms with Crippen LogP contribution < -0.4 is 5.32 Å². The van der Waals surface area contributed by atoms with Crippen molar-refractivity contribution in [3.63, 3.8) is 0 Å². The fourth-order valence-corrected chi connectivity index (χ4v) is 2.48. The monoisotopic (exact) mass is 292 g/mol. The van der Waals surface area contributed by atoms with Crippen LogP contribution in [0.1, 0.15) is 6.42 Å². The topological polar surface area (TPSA) is 90.2 Å². The molecular formula is C12H12N4O3S. The van der Waals surface area contributed by atoms with Gasteiger partial charge in [-0.3, -0.25) is 10.1 Å². The zero-order valence-corrected chi connectivity index (χ0v) is 11.3. The van der Waals surface area contributed by atoms with Crippen LogP contribution in [0.25, 0.3) is 10.6 Å². The van der Waals surface area contributed by atoms with Crippen LogP contribution in [-0.4, -0.2) is 34.4 Å². The summed E-state index contributed by atoms with van der Waals surface area (Å²) in [5.74, 6) is 0. The molecule has 1 atom stereocenters. The first-order valence-corrected chi connectivity index (χ1v) is 7.02. The van der Waals surface area contributed by atoms with Crippen molar-refractivity contribution in [2.75, 3.05) is 18.5 Å². The van der Waals surface area contributed by atoms with Gasteiger partial charge in [-0.25, -0.2) is 0 Å². The Labute approximate surface area is 118 Å². The van der Waals surface area contributed by atoms with Crippen LogP contribution in [0.2, 0.25) is 0 Å². The van der Waals surface area contributed by atoms with E-state index >= 15 is 0 Å². The van der Waals surface area contributed by atoms with Crippen LogP contribution >= 0.6 is 11.3 Å². The molecule has 0 aliphatic carbocycles. The molecule has 1 fully saturated rings. The Hall–Kier alpha value is -2.06. The number of anilines is 1. The molecule has 1 saturated heterocycles. The van der Waals surface area contributed by atoms with Gasteiger partial charge in [0.2, 0.25) is 0 Å². The number of hydrogen-bond acceptors (Lipinski definition) is 7. The minimum absolute atomic E-state index is 0.0389. The molecule has 0 unspecified atom stereocenters. The van der Waals surface area contributed by atoms with E-state index in [0.29, 0.717) is 22.8 Å². The third-order valence-electron chi connectivity index (χ3n) is 3.11. The Morgan fingerprint density at radius 1 is 1.55 bits per heavy atom. The lowest BCUT2D eigenvalue weighted by atomic mass is 10.1. The number of hydrogen-bond donors (Lipinski definition) is 1. The van der Waals surface area contributed by atoms with Crippen molar-refractivity contribution >= 4 is 22.7 Å². The van der Waals surface area contributed by atoms with E-state index in [1.807, 2.05) is 0 Å². The van der Waals surface area contributed by atoms with E-state index < -0.39 is 4.92 Å².